The van der Waals surface area contributed by atoms with Crippen LogP contribution in [0.1, 0.15) is 11.1 Å². The first-order valence-electron chi connectivity index (χ1n) is 8.08. The number of aromatic nitrogens is 2. The van der Waals surface area contributed by atoms with Crippen molar-refractivity contribution in [2.75, 3.05) is 6.61 Å². The number of nitrogens with one attached hydrogen (secondary N) is 2. The van der Waals surface area contributed by atoms with Gasteiger partial charge in [0.2, 0.25) is 5.88 Å². The number of para-hydroxylation sites is 2. The van der Waals surface area contributed by atoms with Crippen LogP contribution in [-0.4, -0.2) is 28.5 Å². The van der Waals surface area contributed by atoms with Crippen LogP contribution in [0.25, 0.3) is 11.0 Å². The average molecular weight is 350 g/mol. The van der Waals surface area contributed by atoms with Crippen molar-refractivity contribution in [3.05, 3.63) is 65.9 Å². The van der Waals surface area contributed by atoms with Crippen LogP contribution >= 0.6 is 0 Å². The Morgan fingerprint density at radius 3 is 2.69 bits per heavy atom. The highest BCUT2D eigenvalue weighted by atomic mass is 16.5. The van der Waals surface area contributed by atoms with Crippen LogP contribution in [0.15, 0.2) is 54.7 Å². The Labute approximate surface area is 150 Å². The second kappa shape index (κ2) is 8.06. The first kappa shape index (κ1) is 17.3. The molecule has 2 N–H and O–H groups in total. The third kappa shape index (κ3) is 4.76. The summed E-state index contributed by atoms with van der Waals surface area (Å²) in [4.78, 5) is 32.0. The van der Waals surface area contributed by atoms with Gasteiger partial charge in [-0.2, -0.15) is 0 Å². The Bertz CT molecular complexity index is 943. The van der Waals surface area contributed by atoms with Crippen LogP contribution in [0.4, 0.5) is 4.79 Å². The largest absolute Gasteiger partial charge is 0.466 e. The van der Waals surface area contributed by atoms with Crippen molar-refractivity contribution in [1.29, 1.82) is 0 Å². The summed E-state index contributed by atoms with van der Waals surface area (Å²) in [5, 5.41) is 4.84. The van der Waals surface area contributed by atoms with Gasteiger partial charge in [0.15, 0.2) is 6.61 Å². The molecule has 0 fully saturated rings. The van der Waals surface area contributed by atoms with E-state index >= 15 is 0 Å². The number of amides is 3. The molecule has 1 aromatic heterocycles. The van der Waals surface area contributed by atoms with Gasteiger partial charge < -0.3 is 10.1 Å². The Hall–Kier alpha value is -3.48. The predicted molar refractivity (Wildman–Crippen MR) is 96.6 cm³/mol. The van der Waals surface area contributed by atoms with Gasteiger partial charge >= 0.3 is 6.03 Å². The lowest BCUT2D eigenvalue weighted by Crippen LogP contribution is -2.41. The van der Waals surface area contributed by atoms with E-state index in [9.17, 15) is 9.59 Å². The molecule has 1 heterocycles. The number of urea groups is 1. The number of benzene rings is 2. The molecule has 0 aliphatic carbocycles. The molecule has 0 unspecified atom stereocenters. The standard InChI is InChI=1S/C19H18N4O3/c1-13-5-4-6-14(9-13)10-21-19(25)23-17(24)12-26-18-11-20-15-7-2-3-8-16(15)22-18/h2-9,11H,10,12H2,1H3,(H2,21,23,24,25). The fraction of sp³-hybridized carbons (Fsp3) is 0.158. The number of rotatable bonds is 5. The van der Waals surface area contributed by atoms with Gasteiger partial charge in [-0.15, -0.1) is 0 Å². The van der Waals surface area contributed by atoms with Crippen molar-refractivity contribution < 1.29 is 14.3 Å². The normalized spacial score (nSPS) is 10.3. The highest BCUT2D eigenvalue weighted by Crippen LogP contribution is 2.12. The molecule has 3 aromatic rings. The van der Waals surface area contributed by atoms with Gasteiger partial charge in [-0.25, -0.2) is 14.8 Å². The summed E-state index contributed by atoms with van der Waals surface area (Å²) in [6.07, 6.45) is 1.44. The van der Waals surface area contributed by atoms with E-state index in [4.69, 9.17) is 4.74 Å². The monoisotopic (exact) mass is 350 g/mol. The molecule has 0 bridgehead atoms. The highest BCUT2D eigenvalue weighted by molar-refractivity contribution is 5.95. The Balaban J connectivity index is 1.46. The molecule has 7 heteroatoms. The van der Waals surface area contributed by atoms with Gasteiger partial charge in [-0.05, 0) is 24.6 Å². The molecule has 3 rings (SSSR count). The first-order valence-corrected chi connectivity index (χ1v) is 8.08. The lowest BCUT2D eigenvalue weighted by atomic mass is 10.1. The molecular formula is C19H18N4O3. The van der Waals surface area contributed by atoms with Gasteiger partial charge in [0, 0.05) is 6.54 Å². The van der Waals surface area contributed by atoms with Crippen LogP contribution < -0.4 is 15.4 Å². The zero-order valence-corrected chi connectivity index (χ0v) is 14.2. The maximum atomic E-state index is 11.8. The summed E-state index contributed by atoms with van der Waals surface area (Å²) in [6, 6.07) is 14.5. The van der Waals surface area contributed by atoms with E-state index in [0.717, 1.165) is 16.6 Å². The van der Waals surface area contributed by atoms with E-state index in [0.29, 0.717) is 12.1 Å². The smallest absolute Gasteiger partial charge is 0.321 e. The van der Waals surface area contributed by atoms with Gasteiger partial charge in [0.05, 0.1) is 17.2 Å². The predicted octanol–water partition coefficient (Wildman–Crippen LogP) is 2.34. The number of hydrogen-bond donors (Lipinski definition) is 2. The number of nitrogens with zero attached hydrogens (tertiary/aromatic N) is 2. The lowest BCUT2D eigenvalue weighted by Gasteiger charge is -2.08. The molecule has 3 amide bonds. The average Bonchev–Trinajstić information content (AvgIpc) is 2.65. The van der Waals surface area contributed by atoms with E-state index in [1.165, 1.54) is 6.20 Å². The summed E-state index contributed by atoms with van der Waals surface area (Å²) in [6.45, 7) is 1.98. The van der Waals surface area contributed by atoms with Crippen molar-refractivity contribution in [2.45, 2.75) is 13.5 Å². The van der Waals surface area contributed by atoms with E-state index in [1.807, 2.05) is 49.4 Å². The Morgan fingerprint density at radius 2 is 1.88 bits per heavy atom. The van der Waals surface area contributed by atoms with Gasteiger partial charge in [-0.3, -0.25) is 10.1 Å². The molecule has 0 saturated carbocycles. The number of ether oxygens (including phenoxy) is 1. The van der Waals surface area contributed by atoms with Crippen LogP contribution in [0.5, 0.6) is 5.88 Å². The number of carbonyl (C=O) groups is 2. The molecule has 2 aromatic carbocycles. The number of hydrogen-bond acceptors (Lipinski definition) is 5. The molecule has 132 valence electrons. The molecule has 0 aliphatic rings. The molecule has 0 atom stereocenters. The molecular weight excluding hydrogens is 332 g/mol. The minimum Gasteiger partial charge on any atom is -0.466 e. The van der Waals surface area contributed by atoms with E-state index < -0.39 is 11.9 Å². The summed E-state index contributed by atoms with van der Waals surface area (Å²) in [5.41, 5.74) is 3.46. The van der Waals surface area contributed by atoms with Crippen molar-refractivity contribution in [3.8, 4) is 5.88 Å². The van der Waals surface area contributed by atoms with Crippen molar-refractivity contribution >= 4 is 23.0 Å². The maximum absolute atomic E-state index is 11.8. The second-order valence-corrected chi connectivity index (χ2v) is 5.71. The molecule has 7 nitrogen and oxygen atoms in total. The van der Waals surface area contributed by atoms with Crippen LogP contribution in [0.2, 0.25) is 0 Å². The fourth-order valence-corrected chi connectivity index (χ4v) is 2.36. The second-order valence-electron chi connectivity index (χ2n) is 5.71. The maximum Gasteiger partial charge on any atom is 0.321 e. The van der Waals surface area contributed by atoms with E-state index in [-0.39, 0.29) is 12.5 Å². The summed E-state index contributed by atoms with van der Waals surface area (Å²) in [5.74, 6) is -0.347. The van der Waals surface area contributed by atoms with Crippen molar-refractivity contribution in [3.63, 3.8) is 0 Å². The third-order valence-corrected chi connectivity index (χ3v) is 3.57. The van der Waals surface area contributed by atoms with Crippen LogP contribution in [0.3, 0.4) is 0 Å². The van der Waals surface area contributed by atoms with E-state index in [1.54, 1.807) is 6.07 Å². The number of imide groups is 1. The molecule has 0 aliphatic heterocycles. The first-order chi connectivity index (χ1) is 12.6. The molecule has 26 heavy (non-hydrogen) atoms. The summed E-state index contributed by atoms with van der Waals surface area (Å²) < 4.78 is 5.29. The number of fused-ring (bicyclic) bond motifs is 1. The quantitative estimate of drug-likeness (QED) is 0.737. The Kier molecular flexibility index (Phi) is 5.38. The Morgan fingerprint density at radius 1 is 1.08 bits per heavy atom. The topological polar surface area (TPSA) is 93.2 Å². The van der Waals surface area contributed by atoms with Crippen molar-refractivity contribution in [1.82, 2.24) is 20.6 Å². The van der Waals surface area contributed by atoms with Gasteiger partial charge in [0.25, 0.3) is 5.91 Å². The van der Waals surface area contributed by atoms with E-state index in [2.05, 4.69) is 20.6 Å². The van der Waals surface area contributed by atoms with Crippen LogP contribution in [-0.2, 0) is 11.3 Å². The van der Waals surface area contributed by atoms with Crippen LogP contribution in [0, 0.1) is 6.92 Å². The SMILES string of the molecule is Cc1cccc(CNC(=O)NC(=O)COc2cnc3ccccc3n2)c1. The minimum absolute atomic E-state index is 0.221. The molecule has 0 spiro atoms. The molecule has 0 saturated heterocycles. The highest BCUT2D eigenvalue weighted by Gasteiger charge is 2.09. The number of carbonyl (C=O) groups excluding carboxylic acids is 2. The zero-order valence-electron chi connectivity index (χ0n) is 14.2. The summed E-state index contributed by atoms with van der Waals surface area (Å²) in [7, 11) is 0. The van der Waals surface area contributed by atoms with Gasteiger partial charge in [0.1, 0.15) is 0 Å². The zero-order chi connectivity index (χ0) is 18.4. The van der Waals surface area contributed by atoms with Gasteiger partial charge in [-0.1, -0.05) is 42.0 Å². The minimum atomic E-state index is -0.579. The summed E-state index contributed by atoms with van der Waals surface area (Å²) >= 11 is 0. The number of aryl methyl sites for hydroxylation is 1. The van der Waals surface area contributed by atoms with Crippen molar-refractivity contribution in [2.24, 2.45) is 0 Å². The third-order valence-electron chi connectivity index (χ3n) is 3.57. The molecule has 0 radical (unpaired) electrons. The lowest BCUT2D eigenvalue weighted by molar-refractivity contribution is -0.122. The fourth-order valence-electron chi connectivity index (χ4n) is 2.36.